The number of carbonyl (C=O) groups is 1. The highest BCUT2D eigenvalue weighted by Crippen LogP contribution is 2.17. The molecule has 1 heterocycles. The molecule has 0 radical (unpaired) electrons. The molecule has 0 atom stereocenters. The number of fused-ring (bicyclic) bond motifs is 1. The van der Waals surface area contributed by atoms with Crippen molar-refractivity contribution in [1.82, 2.24) is 15.6 Å². The van der Waals surface area contributed by atoms with Gasteiger partial charge in [0.2, 0.25) is 0 Å². The van der Waals surface area contributed by atoms with Gasteiger partial charge >= 0.3 is 0 Å². The van der Waals surface area contributed by atoms with E-state index in [9.17, 15) is 4.79 Å². The summed E-state index contributed by atoms with van der Waals surface area (Å²) in [5.74, 6) is -0.122. The number of benzene rings is 1. The normalized spacial score (nSPS) is 10.6. The van der Waals surface area contributed by atoms with Crippen molar-refractivity contribution >= 4 is 16.7 Å². The first-order valence-electron chi connectivity index (χ1n) is 6.56. The number of carbonyl (C=O) groups excluding carboxylic acids is 1. The first-order valence-corrected chi connectivity index (χ1v) is 6.56. The number of hydrogen-bond donors (Lipinski definition) is 2. The summed E-state index contributed by atoms with van der Waals surface area (Å²) in [7, 11) is 0. The average Bonchev–Trinajstić information content (AvgIpc) is 2.43. The zero-order chi connectivity index (χ0) is 13.7. The van der Waals surface area contributed by atoms with Gasteiger partial charge in [-0.2, -0.15) is 0 Å². The first-order chi connectivity index (χ1) is 9.22. The molecular weight excluding hydrogens is 238 g/mol. The molecule has 2 aromatic rings. The second kappa shape index (κ2) is 6.29. The topological polar surface area (TPSA) is 54.0 Å². The molecule has 0 aliphatic carbocycles. The number of aromatic nitrogens is 1. The summed E-state index contributed by atoms with van der Waals surface area (Å²) in [4.78, 5) is 16.2. The molecule has 4 heteroatoms. The number of aryl methyl sites for hydroxylation is 1. The van der Waals surface area contributed by atoms with Crippen molar-refractivity contribution in [2.75, 3.05) is 19.6 Å². The molecule has 0 saturated heterocycles. The van der Waals surface area contributed by atoms with Crippen LogP contribution in [0.3, 0.4) is 0 Å². The molecule has 0 aliphatic rings. The van der Waals surface area contributed by atoms with Gasteiger partial charge in [-0.15, -0.1) is 0 Å². The minimum Gasteiger partial charge on any atom is -0.349 e. The van der Waals surface area contributed by atoms with E-state index in [0.717, 1.165) is 29.4 Å². The van der Waals surface area contributed by atoms with Crippen LogP contribution in [0.5, 0.6) is 0 Å². The Labute approximate surface area is 113 Å². The average molecular weight is 257 g/mol. The van der Waals surface area contributed by atoms with Crippen molar-refractivity contribution in [3.05, 3.63) is 41.7 Å². The molecule has 0 saturated carbocycles. The minimum atomic E-state index is -0.122. The number of hydrogen-bond acceptors (Lipinski definition) is 3. The molecule has 1 aromatic carbocycles. The van der Waals surface area contributed by atoms with Gasteiger partial charge in [-0.25, -0.2) is 0 Å². The predicted octanol–water partition coefficient (Wildman–Crippen LogP) is 1.88. The van der Waals surface area contributed by atoms with Crippen molar-refractivity contribution in [1.29, 1.82) is 0 Å². The van der Waals surface area contributed by atoms with Crippen LogP contribution < -0.4 is 10.6 Å². The van der Waals surface area contributed by atoms with Crippen LogP contribution in [0, 0.1) is 6.92 Å². The van der Waals surface area contributed by atoms with E-state index >= 15 is 0 Å². The predicted molar refractivity (Wildman–Crippen MR) is 77.4 cm³/mol. The molecule has 0 fully saturated rings. The second-order valence-corrected chi connectivity index (χ2v) is 4.48. The van der Waals surface area contributed by atoms with E-state index in [1.165, 1.54) is 0 Å². The standard InChI is InChI=1S/C15H19N3O/c1-3-16-7-8-17-15(19)14-9-13-11(2)5-4-6-12(13)10-18-14/h4-6,9-10,16H,3,7-8H2,1-2H3,(H,17,19). The van der Waals surface area contributed by atoms with Crippen LogP contribution in [0.15, 0.2) is 30.5 Å². The molecule has 0 aliphatic heterocycles. The fourth-order valence-electron chi connectivity index (χ4n) is 1.98. The Morgan fingerprint density at radius 2 is 2.16 bits per heavy atom. The van der Waals surface area contributed by atoms with Crippen LogP contribution in [0.2, 0.25) is 0 Å². The number of amides is 1. The van der Waals surface area contributed by atoms with Gasteiger partial charge in [-0.05, 0) is 30.5 Å². The maximum Gasteiger partial charge on any atom is 0.269 e. The van der Waals surface area contributed by atoms with E-state index in [4.69, 9.17) is 0 Å². The molecule has 1 aromatic heterocycles. The molecule has 0 spiro atoms. The summed E-state index contributed by atoms with van der Waals surface area (Å²) >= 11 is 0. The van der Waals surface area contributed by atoms with Crippen LogP contribution in [0.25, 0.3) is 10.8 Å². The van der Waals surface area contributed by atoms with Crippen molar-refractivity contribution < 1.29 is 4.79 Å². The van der Waals surface area contributed by atoms with Crippen LogP contribution in [0.4, 0.5) is 0 Å². The quantitative estimate of drug-likeness (QED) is 0.804. The van der Waals surface area contributed by atoms with Crippen LogP contribution >= 0.6 is 0 Å². The lowest BCUT2D eigenvalue weighted by Gasteiger charge is -2.07. The first kappa shape index (κ1) is 13.5. The molecule has 0 bridgehead atoms. The summed E-state index contributed by atoms with van der Waals surface area (Å²) in [6.07, 6.45) is 1.75. The van der Waals surface area contributed by atoms with Crippen LogP contribution in [0.1, 0.15) is 23.0 Å². The maximum absolute atomic E-state index is 12.0. The Hall–Kier alpha value is -1.94. The largest absolute Gasteiger partial charge is 0.349 e. The lowest BCUT2D eigenvalue weighted by molar-refractivity contribution is 0.0949. The highest BCUT2D eigenvalue weighted by atomic mass is 16.1. The second-order valence-electron chi connectivity index (χ2n) is 4.48. The summed E-state index contributed by atoms with van der Waals surface area (Å²) in [5.41, 5.74) is 1.62. The molecule has 100 valence electrons. The zero-order valence-corrected chi connectivity index (χ0v) is 11.4. The lowest BCUT2D eigenvalue weighted by Crippen LogP contribution is -2.32. The zero-order valence-electron chi connectivity index (χ0n) is 11.4. The van der Waals surface area contributed by atoms with E-state index in [2.05, 4.69) is 15.6 Å². The number of likely N-dealkylation sites (N-methyl/N-ethyl adjacent to an activating group) is 1. The third kappa shape index (κ3) is 3.29. The molecule has 4 nitrogen and oxygen atoms in total. The van der Waals surface area contributed by atoms with Crippen molar-refractivity contribution in [3.63, 3.8) is 0 Å². The van der Waals surface area contributed by atoms with E-state index in [0.29, 0.717) is 12.2 Å². The van der Waals surface area contributed by atoms with E-state index < -0.39 is 0 Å². The molecule has 2 N–H and O–H groups in total. The van der Waals surface area contributed by atoms with Crippen molar-refractivity contribution in [3.8, 4) is 0 Å². The number of nitrogens with one attached hydrogen (secondary N) is 2. The van der Waals surface area contributed by atoms with Crippen LogP contribution in [-0.2, 0) is 0 Å². The molecule has 19 heavy (non-hydrogen) atoms. The van der Waals surface area contributed by atoms with Gasteiger partial charge in [-0.3, -0.25) is 9.78 Å². The molecule has 0 unspecified atom stereocenters. The Balaban J connectivity index is 2.12. The Bertz CT molecular complexity index is 581. The van der Waals surface area contributed by atoms with Gasteiger partial charge < -0.3 is 10.6 Å². The highest BCUT2D eigenvalue weighted by Gasteiger charge is 2.08. The third-order valence-electron chi connectivity index (χ3n) is 3.05. The van der Waals surface area contributed by atoms with Gasteiger partial charge in [0.1, 0.15) is 5.69 Å². The summed E-state index contributed by atoms with van der Waals surface area (Å²) < 4.78 is 0. The Morgan fingerprint density at radius 1 is 1.32 bits per heavy atom. The third-order valence-corrected chi connectivity index (χ3v) is 3.05. The summed E-state index contributed by atoms with van der Waals surface area (Å²) in [6, 6.07) is 7.89. The van der Waals surface area contributed by atoms with Crippen molar-refractivity contribution in [2.24, 2.45) is 0 Å². The molecular formula is C15H19N3O. The molecule has 2 rings (SSSR count). The van der Waals surface area contributed by atoms with Gasteiger partial charge in [0.25, 0.3) is 5.91 Å². The fraction of sp³-hybridized carbons (Fsp3) is 0.333. The van der Waals surface area contributed by atoms with Gasteiger partial charge in [0.05, 0.1) is 0 Å². The summed E-state index contributed by atoms with van der Waals surface area (Å²) in [5, 5.41) is 8.15. The van der Waals surface area contributed by atoms with Crippen molar-refractivity contribution in [2.45, 2.75) is 13.8 Å². The van der Waals surface area contributed by atoms with Crippen LogP contribution in [-0.4, -0.2) is 30.5 Å². The van der Waals surface area contributed by atoms with Gasteiger partial charge in [0.15, 0.2) is 0 Å². The molecule has 1 amide bonds. The fourth-order valence-corrected chi connectivity index (χ4v) is 1.98. The highest BCUT2D eigenvalue weighted by molar-refractivity contribution is 5.97. The van der Waals surface area contributed by atoms with Gasteiger partial charge in [-0.1, -0.05) is 25.1 Å². The van der Waals surface area contributed by atoms with E-state index in [-0.39, 0.29) is 5.91 Å². The van der Waals surface area contributed by atoms with E-state index in [1.807, 2.05) is 38.1 Å². The summed E-state index contributed by atoms with van der Waals surface area (Å²) in [6.45, 7) is 6.36. The smallest absolute Gasteiger partial charge is 0.269 e. The van der Waals surface area contributed by atoms with E-state index in [1.54, 1.807) is 6.20 Å². The number of pyridine rings is 1. The maximum atomic E-state index is 12.0. The number of nitrogens with zero attached hydrogens (tertiary/aromatic N) is 1. The number of rotatable bonds is 5. The Kier molecular flexibility index (Phi) is 4.47. The lowest BCUT2D eigenvalue weighted by atomic mass is 10.1. The Morgan fingerprint density at radius 3 is 2.95 bits per heavy atom. The monoisotopic (exact) mass is 257 g/mol. The van der Waals surface area contributed by atoms with Gasteiger partial charge in [0, 0.05) is 24.7 Å². The SMILES string of the molecule is CCNCCNC(=O)c1cc2c(C)cccc2cn1. The minimum absolute atomic E-state index is 0.122.